The van der Waals surface area contributed by atoms with E-state index < -0.39 is 6.04 Å². The van der Waals surface area contributed by atoms with Crippen molar-refractivity contribution >= 4 is 23.4 Å². The molecule has 2 heterocycles. The van der Waals surface area contributed by atoms with Crippen LogP contribution in [0.25, 0.3) is 0 Å². The van der Waals surface area contributed by atoms with Gasteiger partial charge >= 0.3 is 0 Å². The number of ether oxygens (including phenoxy) is 1. The lowest BCUT2D eigenvalue weighted by molar-refractivity contribution is -0.122. The van der Waals surface area contributed by atoms with Gasteiger partial charge in [-0.05, 0) is 56.0 Å². The zero-order valence-electron chi connectivity index (χ0n) is 18.4. The van der Waals surface area contributed by atoms with Crippen LogP contribution in [0.1, 0.15) is 52.5 Å². The van der Waals surface area contributed by atoms with Crippen LogP contribution in [0.3, 0.4) is 0 Å². The molecule has 0 spiro atoms. The molecule has 2 aliphatic heterocycles. The van der Waals surface area contributed by atoms with Gasteiger partial charge in [0.2, 0.25) is 5.91 Å². The number of hydrogen-bond acceptors (Lipinski definition) is 4. The van der Waals surface area contributed by atoms with Crippen LogP contribution < -0.4 is 10.2 Å². The van der Waals surface area contributed by atoms with Gasteiger partial charge in [-0.15, -0.1) is 0 Å². The van der Waals surface area contributed by atoms with Crippen LogP contribution >= 0.6 is 0 Å². The zero-order chi connectivity index (χ0) is 22.5. The summed E-state index contributed by atoms with van der Waals surface area (Å²) in [6.45, 7) is 4.77. The Morgan fingerprint density at radius 2 is 1.91 bits per heavy atom. The van der Waals surface area contributed by atoms with E-state index in [1.165, 1.54) is 0 Å². The molecule has 1 fully saturated rings. The maximum Gasteiger partial charge on any atom is 0.256 e. The third-order valence-corrected chi connectivity index (χ3v) is 6.00. The van der Waals surface area contributed by atoms with Crippen molar-refractivity contribution in [1.82, 2.24) is 10.2 Å². The molecule has 2 aromatic carbocycles. The van der Waals surface area contributed by atoms with Crippen LogP contribution in [0.5, 0.6) is 0 Å². The number of nitrogens with zero attached hydrogens (tertiary/aromatic N) is 2. The molecular formula is C25H29N3O4. The molecule has 4 rings (SSSR count). The van der Waals surface area contributed by atoms with E-state index in [1.807, 2.05) is 37.3 Å². The summed E-state index contributed by atoms with van der Waals surface area (Å²) in [5, 5.41) is 2.89. The fourth-order valence-electron chi connectivity index (χ4n) is 4.34. The Morgan fingerprint density at radius 1 is 1.12 bits per heavy atom. The van der Waals surface area contributed by atoms with Gasteiger partial charge in [-0.2, -0.15) is 0 Å². The number of carbonyl (C=O) groups is 3. The van der Waals surface area contributed by atoms with Crippen molar-refractivity contribution in [3.8, 4) is 0 Å². The summed E-state index contributed by atoms with van der Waals surface area (Å²) in [7, 11) is 0. The zero-order valence-corrected chi connectivity index (χ0v) is 18.4. The molecule has 3 amide bonds. The highest BCUT2D eigenvalue weighted by Gasteiger charge is 2.41. The minimum absolute atomic E-state index is 0.0445. The van der Waals surface area contributed by atoms with Crippen molar-refractivity contribution in [2.75, 3.05) is 31.2 Å². The number of carbonyl (C=O) groups excluding carboxylic acids is 3. The van der Waals surface area contributed by atoms with E-state index in [0.29, 0.717) is 56.1 Å². The second-order valence-electron chi connectivity index (χ2n) is 8.10. The molecule has 7 heteroatoms. The Balaban J connectivity index is 1.48. The van der Waals surface area contributed by atoms with Gasteiger partial charge in [-0.25, -0.2) is 0 Å². The number of hydrogen-bond donors (Lipinski definition) is 1. The smallest absolute Gasteiger partial charge is 0.256 e. The Kier molecular flexibility index (Phi) is 6.85. The number of nitrogens with one attached hydrogen (secondary N) is 1. The first-order chi connectivity index (χ1) is 15.6. The maximum absolute atomic E-state index is 13.4. The first-order valence-electron chi connectivity index (χ1n) is 11.3. The molecule has 0 aliphatic carbocycles. The first-order valence-corrected chi connectivity index (χ1v) is 11.3. The molecule has 1 atom stereocenters. The van der Waals surface area contributed by atoms with Crippen LogP contribution in [0.4, 0.5) is 5.69 Å². The van der Waals surface area contributed by atoms with E-state index in [0.717, 1.165) is 18.4 Å². The Hall–Kier alpha value is -3.19. The minimum Gasteiger partial charge on any atom is -0.382 e. The molecule has 0 radical (unpaired) electrons. The van der Waals surface area contributed by atoms with Crippen LogP contribution in [0.2, 0.25) is 0 Å². The number of amides is 3. The van der Waals surface area contributed by atoms with Gasteiger partial charge in [0.25, 0.3) is 11.8 Å². The molecule has 7 nitrogen and oxygen atoms in total. The largest absolute Gasteiger partial charge is 0.382 e. The Morgan fingerprint density at radius 3 is 2.69 bits per heavy atom. The van der Waals surface area contributed by atoms with E-state index >= 15 is 0 Å². The van der Waals surface area contributed by atoms with Crippen molar-refractivity contribution in [2.45, 2.75) is 38.8 Å². The standard InChI is InChI=1S/C25H29N3O4/c1-2-32-16-6-14-26-23(29)19-12-10-18(11-13-19)17-28-21-8-4-3-7-20(21)24(30)27-15-5-9-22(27)25(28)31/h3-4,7-8,10-13,22H,2,5-6,9,14-17H2,1H3,(H,26,29)/t22-/m0/s1. The summed E-state index contributed by atoms with van der Waals surface area (Å²) in [5.41, 5.74) is 2.69. The normalized spacial score (nSPS) is 17.7. The topological polar surface area (TPSA) is 79.0 Å². The van der Waals surface area contributed by atoms with E-state index in [-0.39, 0.29) is 17.7 Å². The van der Waals surface area contributed by atoms with E-state index in [1.54, 1.807) is 28.0 Å². The van der Waals surface area contributed by atoms with Crippen molar-refractivity contribution in [3.05, 3.63) is 65.2 Å². The van der Waals surface area contributed by atoms with Gasteiger partial charge in [-0.3, -0.25) is 14.4 Å². The van der Waals surface area contributed by atoms with Crippen LogP contribution in [-0.2, 0) is 16.1 Å². The predicted octanol–water partition coefficient (Wildman–Crippen LogP) is 2.99. The van der Waals surface area contributed by atoms with Gasteiger partial charge in [0.05, 0.1) is 17.8 Å². The third kappa shape index (κ3) is 4.53. The quantitative estimate of drug-likeness (QED) is 0.647. The monoisotopic (exact) mass is 435 g/mol. The molecule has 0 saturated carbocycles. The predicted molar refractivity (Wildman–Crippen MR) is 122 cm³/mol. The average molecular weight is 436 g/mol. The minimum atomic E-state index is -0.406. The molecule has 0 aromatic heterocycles. The van der Waals surface area contributed by atoms with Gasteiger partial charge in [0.1, 0.15) is 6.04 Å². The van der Waals surface area contributed by atoms with Crippen molar-refractivity contribution in [3.63, 3.8) is 0 Å². The van der Waals surface area contributed by atoms with Crippen LogP contribution in [0, 0.1) is 0 Å². The highest BCUT2D eigenvalue weighted by Crippen LogP contribution is 2.33. The lowest BCUT2D eigenvalue weighted by atomic mass is 10.1. The third-order valence-electron chi connectivity index (χ3n) is 6.00. The Bertz CT molecular complexity index is 989. The van der Waals surface area contributed by atoms with Crippen LogP contribution in [-0.4, -0.2) is 55.0 Å². The molecule has 168 valence electrons. The number of benzene rings is 2. The molecule has 32 heavy (non-hydrogen) atoms. The highest BCUT2D eigenvalue weighted by molar-refractivity contribution is 6.11. The Labute approximate surface area is 188 Å². The van der Waals surface area contributed by atoms with E-state index in [2.05, 4.69) is 5.32 Å². The summed E-state index contributed by atoms with van der Waals surface area (Å²) >= 11 is 0. The second-order valence-corrected chi connectivity index (χ2v) is 8.10. The fourth-order valence-corrected chi connectivity index (χ4v) is 4.34. The van der Waals surface area contributed by atoms with Gasteiger partial charge in [0.15, 0.2) is 0 Å². The van der Waals surface area contributed by atoms with Gasteiger partial charge in [0, 0.05) is 31.9 Å². The first kappa shape index (κ1) is 22.0. The molecule has 0 bridgehead atoms. The van der Waals surface area contributed by atoms with Crippen molar-refractivity contribution < 1.29 is 19.1 Å². The number of anilines is 1. The SMILES string of the molecule is CCOCCCNC(=O)c1ccc(CN2C(=O)[C@@H]3CCCN3C(=O)c3ccccc32)cc1. The van der Waals surface area contributed by atoms with Crippen LogP contribution in [0.15, 0.2) is 48.5 Å². The number of rotatable bonds is 8. The fraction of sp³-hybridized carbons (Fsp3) is 0.400. The summed E-state index contributed by atoms with van der Waals surface area (Å²) in [6.07, 6.45) is 2.30. The molecular weight excluding hydrogens is 406 g/mol. The van der Waals surface area contributed by atoms with Gasteiger partial charge in [-0.1, -0.05) is 24.3 Å². The molecule has 1 N–H and O–H groups in total. The van der Waals surface area contributed by atoms with E-state index in [9.17, 15) is 14.4 Å². The molecule has 2 aromatic rings. The average Bonchev–Trinajstić information content (AvgIpc) is 3.29. The lowest BCUT2D eigenvalue weighted by Gasteiger charge is -2.26. The lowest BCUT2D eigenvalue weighted by Crippen LogP contribution is -2.44. The molecule has 1 saturated heterocycles. The summed E-state index contributed by atoms with van der Waals surface area (Å²) in [6, 6.07) is 14.2. The molecule has 2 aliphatic rings. The summed E-state index contributed by atoms with van der Waals surface area (Å²) in [4.78, 5) is 42.2. The van der Waals surface area contributed by atoms with Gasteiger partial charge < -0.3 is 19.9 Å². The second kappa shape index (κ2) is 9.96. The number of para-hydroxylation sites is 1. The number of fused-ring (bicyclic) bond motifs is 2. The summed E-state index contributed by atoms with van der Waals surface area (Å²) < 4.78 is 5.28. The molecule has 0 unspecified atom stereocenters. The van der Waals surface area contributed by atoms with Crippen molar-refractivity contribution in [1.29, 1.82) is 0 Å². The highest BCUT2D eigenvalue weighted by atomic mass is 16.5. The maximum atomic E-state index is 13.4. The van der Waals surface area contributed by atoms with Crippen molar-refractivity contribution in [2.24, 2.45) is 0 Å². The van der Waals surface area contributed by atoms with E-state index in [4.69, 9.17) is 4.74 Å². The summed E-state index contributed by atoms with van der Waals surface area (Å²) in [5.74, 6) is -0.247.